The molecule has 0 aliphatic carbocycles. The molecule has 70 valence electrons. The predicted octanol–water partition coefficient (Wildman–Crippen LogP) is -1.01. The zero-order valence-electron chi connectivity index (χ0n) is 6.97. The van der Waals surface area contributed by atoms with E-state index < -0.39 is 0 Å². The van der Waals surface area contributed by atoms with Crippen LogP contribution >= 0.6 is 0 Å². The number of aliphatic hydroxyl groups is 1. The lowest BCUT2D eigenvalue weighted by Gasteiger charge is -2.12. The Hall–Kier alpha value is -0.810. The van der Waals surface area contributed by atoms with Crippen LogP contribution in [0.4, 0.5) is 4.79 Å². The van der Waals surface area contributed by atoms with Crippen molar-refractivity contribution in [2.45, 2.75) is 19.0 Å². The van der Waals surface area contributed by atoms with Gasteiger partial charge in [0, 0.05) is 6.54 Å². The van der Waals surface area contributed by atoms with E-state index in [9.17, 15) is 4.79 Å². The first-order valence-electron chi connectivity index (χ1n) is 4.21. The molecule has 12 heavy (non-hydrogen) atoms. The Labute approximate surface area is 71.5 Å². The van der Waals surface area contributed by atoms with Crippen LogP contribution in [0.3, 0.4) is 0 Å². The van der Waals surface area contributed by atoms with Crippen LogP contribution in [0.25, 0.3) is 0 Å². The van der Waals surface area contributed by atoms with Crippen molar-refractivity contribution in [2.75, 3.05) is 19.7 Å². The Morgan fingerprint density at radius 2 is 2.50 bits per heavy atom. The van der Waals surface area contributed by atoms with Gasteiger partial charge in [0.15, 0.2) is 0 Å². The average Bonchev–Trinajstić information content (AvgIpc) is 2.53. The lowest BCUT2D eigenvalue weighted by atomic mass is 10.3. The smallest absolute Gasteiger partial charge is 0.316 e. The number of nitrogens with one attached hydrogen (secondary N) is 3. The second-order valence-electron chi connectivity index (χ2n) is 2.77. The van der Waals surface area contributed by atoms with Gasteiger partial charge >= 0.3 is 6.03 Å². The Morgan fingerprint density at radius 3 is 3.08 bits per heavy atom. The van der Waals surface area contributed by atoms with Crippen LogP contribution in [0.2, 0.25) is 0 Å². The highest BCUT2D eigenvalue weighted by Gasteiger charge is 2.15. The molecule has 1 unspecified atom stereocenters. The van der Waals surface area contributed by atoms with Crippen molar-refractivity contribution in [3.05, 3.63) is 0 Å². The summed E-state index contributed by atoms with van der Waals surface area (Å²) in [6.45, 7) is 1.25. The van der Waals surface area contributed by atoms with Gasteiger partial charge in [-0.1, -0.05) is 0 Å². The lowest BCUT2D eigenvalue weighted by molar-refractivity contribution is 0.229. The molecule has 1 rings (SSSR count). The zero-order valence-corrected chi connectivity index (χ0v) is 6.97. The van der Waals surface area contributed by atoms with Crippen molar-refractivity contribution >= 4 is 6.03 Å². The van der Waals surface area contributed by atoms with Gasteiger partial charge < -0.3 is 15.7 Å². The maximum Gasteiger partial charge on any atom is 0.316 e. The monoisotopic (exact) mass is 173 g/mol. The van der Waals surface area contributed by atoms with Gasteiger partial charge in [0.05, 0.1) is 12.8 Å². The van der Waals surface area contributed by atoms with Crippen molar-refractivity contribution in [1.29, 1.82) is 0 Å². The summed E-state index contributed by atoms with van der Waals surface area (Å²) >= 11 is 0. The molecule has 5 heteroatoms. The fourth-order valence-electron chi connectivity index (χ4n) is 1.19. The SMILES string of the molecule is O=C(NCCO)NC1CCCN1. The summed E-state index contributed by atoms with van der Waals surface area (Å²) in [5.74, 6) is 0. The van der Waals surface area contributed by atoms with E-state index >= 15 is 0 Å². The van der Waals surface area contributed by atoms with Crippen molar-refractivity contribution < 1.29 is 9.90 Å². The molecule has 0 saturated carbocycles. The summed E-state index contributed by atoms with van der Waals surface area (Å²) in [4.78, 5) is 11.0. The first kappa shape index (κ1) is 9.28. The van der Waals surface area contributed by atoms with Gasteiger partial charge in [0.1, 0.15) is 0 Å². The van der Waals surface area contributed by atoms with Gasteiger partial charge in [-0.25, -0.2) is 4.79 Å². The normalized spacial score (nSPS) is 22.2. The van der Waals surface area contributed by atoms with Gasteiger partial charge in [0.2, 0.25) is 0 Å². The number of rotatable bonds is 3. The van der Waals surface area contributed by atoms with Crippen LogP contribution < -0.4 is 16.0 Å². The number of urea groups is 1. The minimum Gasteiger partial charge on any atom is -0.395 e. The van der Waals surface area contributed by atoms with Gasteiger partial charge in [-0.05, 0) is 19.4 Å². The maximum absolute atomic E-state index is 11.0. The van der Waals surface area contributed by atoms with Crippen molar-refractivity contribution in [3.8, 4) is 0 Å². The third kappa shape index (κ3) is 3.06. The van der Waals surface area contributed by atoms with Crippen LogP contribution in [0.15, 0.2) is 0 Å². The molecule has 0 aromatic carbocycles. The Morgan fingerprint density at radius 1 is 1.67 bits per heavy atom. The zero-order chi connectivity index (χ0) is 8.81. The van der Waals surface area contributed by atoms with E-state index in [-0.39, 0.29) is 18.8 Å². The van der Waals surface area contributed by atoms with Gasteiger partial charge in [-0.15, -0.1) is 0 Å². The van der Waals surface area contributed by atoms with E-state index in [4.69, 9.17) is 5.11 Å². The minimum absolute atomic E-state index is 0.0223. The number of amides is 2. The maximum atomic E-state index is 11.0. The second kappa shape index (κ2) is 4.95. The number of carbonyl (C=O) groups is 1. The summed E-state index contributed by atoms with van der Waals surface area (Å²) in [6.07, 6.45) is 2.18. The Bertz CT molecular complexity index is 146. The molecule has 0 aromatic rings. The molecule has 1 heterocycles. The van der Waals surface area contributed by atoms with Crippen LogP contribution in [-0.4, -0.2) is 37.0 Å². The quantitative estimate of drug-likeness (QED) is 0.442. The van der Waals surface area contributed by atoms with E-state index in [2.05, 4.69) is 16.0 Å². The number of aliphatic hydroxyl groups excluding tert-OH is 1. The number of hydrogen-bond acceptors (Lipinski definition) is 3. The summed E-state index contributed by atoms with van der Waals surface area (Å²) in [7, 11) is 0. The average molecular weight is 173 g/mol. The molecular weight excluding hydrogens is 158 g/mol. The number of hydrogen-bond donors (Lipinski definition) is 4. The fourth-order valence-corrected chi connectivity index (χ4v) is 1.19. The van der Waals surface area contributed by atoms with Crippen molar-refractivity contribution in [3.63, 3.8) is 0 Å². The minimum atomic E-state index is -0.219. The predicted molar refractivity (Wildman–Crippen MR) is 44.6 cm³/mol. The molecule has 0 spiro atoms. The molecule has 5 nitrogen and oxygen atoms in total. The van der Waals surface area contributed by atoms with Gasteiger partial charge in [-0.2, -0.15) is 0 Å². The molecule has 1 fully saturated rings. The second-order valence-corrected chi connectivity index (χ2v) is 2.77. The first-order chi connectivity index (χ1) is 5.83. The highest BCUT2D eigenvalue weighted by atomic mass is 16.3. The summed E-state index contributed by atoms with van der Waals surface area (Å²) in [5.41, 5.74) is 0. The van der Waals surface area contributed by atoms with Crippen LogP contribution in [0, 0.1) is 0 Å². The topological polar surface area (TPSA) is 73.4 Å². The van der Waals surface area contributed by atoms with E-state index in [0.717, 1.165) is 19.4 Å². The highest BCUT2D eigenvalue weighted by molar-refractivity contribution is 5.74. The van der Waals surface area contributed by atoms with E-state index in [0.29, 0.717) is 6.54 Å². The van der Waals surface area contributed by atoms with Crippen LogP contribution in [-0.2, 0) is 0 Å². The number of carbonyl (C=O) groups excluding carboxylic acids is 1. The third-order valence-electron chi connectivity index (χ3n) is 1.76. The summed E-state index contributed by atoms with van der Waals surface area (Å²) < 4.78 is 0. The Balaban J connectivity index is 2.08. The summed E-state index contributed by atoms with van der Waals surface area (Å²) in [5, 5.41) is 16.8. The third-order valence-corrected chi connectivity index (χ3v) is 1.76. The largest absolute Gasteiger partial charge is 0.395 e. The molecule has 1 aliphatic rings. The molecule has 1 aliphatic heterocycles. The highest BCUT2D eigenvalue weighted by Crippen LogP contribution is 2.00. The fraction of sp³-hybridized carbons (Fsp3) is 0.857. The molecule has 0 bridgehead atoms. The first-order valence-corrected chi connectivity index (χ1v) is 4.21. The van der Waals surface area contributed by atoms with Crippen LogP contribution in [0.5, 0.6) is 0 Å². The molecule has 2 amide bonds. The molecule has 0 radical (unpaired) electrons. The lowest BCUT2D eigenvalue weighted by Crippen LogP contribution is -2.46. The van der Waals surface area contributed by atoms with E-state index in [1.54, 1.807) is 0 Å². The van der Waals surface area contributed by atoms with Crippen LogP contribution in [0.1, 0.15) is 12.8 Å². The molecular formula is C7H15N3O2. The Kier molecular flexibility index (Phi) is 3.83. The molecule has 0 aromatic heterocycles. The van der Waals surface area contributed by atoms with Gasteiger partial charge in [-0.3, -0.25) is 5.32 Å². The molecule has 1 saturated heterocycles. The van der Waals surface area contributed by atoms with E-state index in [1.807, 2.05) is 0 Å². The standard InChI is InChI=1S/C7H15N3O2/c11-5-4-9-7(12)10-6-2-1-3-8-6/h6,8,11H,1-5H2,(H2,9,10,12). The van der Waals surface area contributed by atoms with Gasteiger partial charge in [0.25, 0.3) is 0 Å². The molecule has 1 atom stereocenters. The summed E-state index contributed by atoms with van der Waals surface area (Å²) in [6, 6.07) is -0.219. The van der Waals surface area contributed by atoms with E-state index in [1.165, 1.54) is 0 Å². The van der Waals surface area contributed by atoms with Crippen molar-refractivity contribution in [1.82, 2.24) is 16.0 Å². The molecule has 4 N–H and O–H groups in total. The van der Waals surface area contributed by atoms with Crippen molar-refractivity contribution in [2.24, 2.45) is 0 Å².